The first-order valence-electron chi connectivity index (χ1n) is 15.5. The van der Waals surface area contributed by atoms with E-state index < -0.39 is 0 Å². The maximum Gasteiger partial charge on any atom is 0.160 e. The third-order valence-electron chi connectivity index (χ3n) is 8.70. The van der Waals surface area contributed by atoms with Gasteiger partial charge in [-0.05, 0) is 62.3 Å². The Hall–Kier alpha value is -2.79. The number of rotatable bonds is 12. The second kappa shape index (κ2) is 14.4. The maximum absolute atomic E-state index is 9.51. The molecular formula is C33H44ClN5O2. The molecule has 0 spiro atoms. The zero-order chi connectivity index (χ0) is 28.6. The molecule has 4 heterocycles. The van der Waals surface area contributed by atoms with Crippen molar-refractivity contribution in [2.45, 2.75) is 77.4 Å². The van der Waals surface area contributed by atoms with Crippen LogP contribution in [0, 0.1) is 17.2 Å². The first kappa shape index (κ1) is 29.7. The zero-order valence-corrected chi connectivity index (χ0v) is 25.3. The molecule has 0 bridgehead atoms. The average Bonchev–Trinajstić information content (AvgIpc) is 3.46. The van der Waals surface area contributed by atoms with Gasteiger partial charge in [-0.1, -0.05) is 44.4 Å². The third kappa shape index (κ3) is 6.99. The Morgan fingerprint density at radius 1 is 1.02 bits per heavy atom. The highest BCUT2D eigenvalue weighted by molar-refractivity contribution is 6.36. The van der Waals surface area contributed by atoms with Crippen LogP contribution in [0.5, 0.6) is 0 Å². The predicted molar refractivity (Wildman–Crippen MR) is 167 cm³/mol. The van der Waals surface area contributed by atoms with Gasteiger partial charge in [0.2, 0.25) is 0 Å². The summed E-state index contributed by atoms with van der Waals surface area (Å²) in [7, 11) is 0. The first-order chi connectivity index (χ1) is 20.1. The Bertz CT molecular complexity index is 1290. The lowest BCUT2D eigenvalue weighted by molar-refractivity contribution is -0.177. The zero-order valence-electron chi connectivity index (χ0n) is 24.6. The summed E-state index contributed by atoms with van der Waals surface area (Å²) in [6, 6.07) is 10.7. The molecule has 2 aliphatic heterocycles. The van der Waals surface area contributed by atoms with Crippen LogP contribution in [0.3, 0.4) is 0 Å². The highest BCUT2D eigenvalue weighted by Crippen LogP contribution is 2.37. The van der Waals surface area contributed by atoms with Crippen LogP contribution in [0.1, 0.15) is 82.3 Å². The second-order valence-electron chi connectivity index (χ2n) is 11.5. The van der Waals surface area contributed by atoms with Gasteiger partial charge < -0.3 is 24.3 Å². The van der Waals surface area contributed by atoms with Gasteiger partial charge >= 0.3 is 0 Å². The standard InChI is InChI=1S/C33H44ClN5O2/c1-3-5-18-40-33(41-19-6-4-2)24-13-16-38(17-14-24)30-12-9-25(21-36-30)26-8-7-15-39(23-26)29-11-10-28(34)31-27(20-35)22-37-32(29)31/h9-12,21-22,24,26,33,37H,3-8,13-19,23H2,1-2H3/t26-/m0/s1. The minimum absolute atomic E-state index is 0.0841. The number of nitrogens with one attached hydrogen (secondary N) is 1. The fourth-order valence-corrected chi connectivity index (χ4v) is 6.51. The molecule has 0 radical (unpaired) electrons. The monoisotopic (exact) mass is 577 g/mol. The number of aromatic amines is 1. The Balaban J connectivity index is 1.20. The number of H-pyrrole nitrogens is 1. The van der Waals surface area contributed by atoms with E-state index in [4.69, 9.17) is 26.1 Å². The molecule has 220 valence electrons. The van der Waals surface area contributed by atoms with Crippen molar-refractivity contribution in [3.8, 4) is 6.07 Å². The second-order valence-corrected chi connectivity index (χ2v) is 11.9. The Morgan fingerprint density at radius 3 is 2.44 bits per heavy atom. The molecule has 0 aliphatic carbocycles. The molecule has 2 aliphatic rings. The summed E-state index contributed by atoms with van der Waals surface area (Å²) in [5.74, 6) is 1.91. The van der Waals surface area contributed by atoms with E-state index in [2.05, 4.69) is 59.1 Å². The fraction of sp³-hybridized carbons (Fsp3) is 0.576. The largest absolute Gasteiger partial charge is 0.369 e. The lowest BCUT2D eigenvalue weighted by Crippen LogP contribution is -2.40. The van der Waals surface area contributed by atoms with E-state index in [9.17, 15) is 5.26 Å². The predicted octanol–water partition coefficient (Wildman–Crippen LogP) is 7.65. The Labute approximate surface area is 249 Å². The smallest absolute Gasteiger partial charge is 0.160 e. The Morgan fingerprint density at radius 2 is 1.78 bits per heavy atom. The molecule has 0 saturated carbocycles. The van der Waals surface area contributed by atoms with E-state index in [0.717, 1.165) is 113 Å². The van der Waals surface area contributed by atoms with Crippen molar-refractivity contribution in [2.75, 3.05) is 49.2 Å². The SMILES string of the molecule is CCCCOC(OCCCC)C1CCN(c2ccc([C@H]3CCCN(c4ccc(Cl)c5c(C#N)c[nH]c45)C3)cn2)CC1. The van der Waals surface area contributed by atoms with Gasteiger partial charge in [-0.2, -0.15) is 5.26 Å². The Kier molecular flexibility index (Phi) is 10.4. The lowest BCUT2D eigenvalue weighted by atomic mass is 9.91. The van der Waals surface area contributed by atoms with Crippen molar-refractivity contribution < 1.29 is 9.47 Å². The van der Waals surface area contributed by atoms with Crippen molar-refractivity contribution in [1.82, 2.24) is 9.97 Å². The van der Waals surface area contributed by atoms with E-state index in [1.807, 2.05) is 6.07 Å². The van der Waals surface area contributed by atoms with Gasteiger partial charge in [0.15, 0.2) is 6.29 Å². The number of aromatic nitrogens is 2. The van der Waals surface area contributed by atoms with E-state index in [1.54, 1.807) is 6.20 Å². The van der Waals surface area contributed by atoms with Crippen molar-refractivity contribution in [3.05, 3.63) is 52.8 Å². The van der Waals surface area contributed by atoms with Crippen LogP contribution in [-0.2, 0) is 9.47 Å². The molecule has 1 N–H and O–H groups in total. The maximum atomic E-state index is 9.51. The van der Waals surface area contributed by atoms with Gasteiger partial charge in [0.05, 0.1) is 21.8 Å². The molecule has 3 aromatic rings. The normalized spacial score (nSPS) is 18.4. The molecule has 5 rings (SSSR count). The molecule has 2 saturated heterocycles. The third-order valence-corrected chi connectivity index (χ3v) is 9.01. The molecular weight excluding hydrogens is 534 g/mol. The van der Waals surface area contributed by atoms with Crippen molar-refractivity contribution in [2.24, 2.45) is 5.92 Å². The molecule has 41 heavy (non-hydrogen) atoms. The minimum Gasteiger partial charge on any atom is -0.369 e. The molecule has 8 heteroatoms. The summed E-state index contributed by atoms with van der Waals surface area (Å²) >= 11 is 6.46. The van der Waals surface area contributed by atoms with Crippen molar-refractivity contribution in [3.63, 3.8) is 0 Å². The molecule has 0 unspecified atom stereocenters. The summed E-state index contributed by atoms with van der Waals surface area (Å²) in [5, 5.41) is 10.9. The number of ether oxygens (including phenoxy) is 2. The molecule has 0 amide bonds. The number of anilines is 2. The number of halogens is 1. The summed E-state index contributed by atoms with van der Waals surface area (Å²) in [6.45, 7) is 9.82. The number of nitriles is 1. The van der Waals surface area contributed by atoms with Crippen LogP contribution < -0.4 is 9.80 Å². The van der Waals surface area contributed by atoms with E-state index in [0.29, 0.717) is 22.4 Å². The number of fused-ring (bicyclic) bond motifs is 1. The van der Waals surface area contributed by atoms with Crippen LogP contribution in [0.4, 0.5) is 11.5 Å². The van der Waals surface area contributed by atoms with Crippen LogP contribution in [0.25, 0.3) is 10.9 Å². The van der Waals surface area contributed by atoms with Gasteiger partial charge in [0.25, 0.3) is 0 Å². The number of nitrogens with zero attached hydrogens (tertiary/aromatic N) is 4. The number of pyridine rings is 1. The number of unbranched alkanes of at least 4 members (excludes halogenated alkanes) is 2. The average molecular weight is 578 g/mol. The molecule has 7 nitrogen and oxygen atoms in total. The van der Waals surface area contributed by atoms with E-state index >= 15 is 0 Å². The summed E-state index contributed by atoms with van der Waals surface area (Å²) in [6.07, 6.45) is 12.6. The number of benzene rings is 1. The summed E-state index contributed by atoms with van der Waals surface area (Å²) < 4.78 is 12.4. The van der Waals surface area contributed by atoms with Crippen LogP contribution in [0.2, 0.25) is 5.02 Å². The van der Waals surface area contributed by atoms with Crippen molar-refractivity contribution in [1.29, 1.82) is 5.26 Å². The van der Waals surface area contributed by atoms with Gasteiger partial charge in [-0.25, -0.2) is 4.98 Å². The topological polar surface area (TPSA) is 77.4 Å². The molecule has 1 atom stereocenters. The summed E-state index contributed by atoms with van der Waals surface area (Å²) in [5.41, 5.74) is 3.93. The van der Waals surface area contributed by atoms with Gasteiger partial charge in [-0.15, -0.1) is 0 Å². The number of piperidine rings is 2. The number of hydrogen-bond acceptors (Lipinski definition) is 6. The molecule has 2 aromatic heterocycles. The van der Waals surface area contributed by atoms with Crippen molar-refractivity contribution >= 4 is 34.0 Å². The highest BCUT2D eigenvalue weighted by atomic mass is 35.5. The molecule has 1 aromatic carbocycles. The van der Waals surface area contributed by atoms with Crippen LogP contribution >= 0.6 is 11.6 Å². The quantitative estimate of drug-likeness (QED) is 0.176. The fourth-order valence-electron chi connectivity index (χ4n) is 6.25. The summed E-state index contributed by atoms with van der Waals surface area (Å²) in [4.78, 5) is 13.1. The van der Waals surface area contributed by atoms with E-state index in [-0.39, 0.29) is 6.29 Å². The number of hydrogen-bond donors (Lipinski definition) is 1. The van der Waals surface area contributed by atoms with E-state index in [1.165, 1.54) is 5.56 Å². The van der Waals surface area contributed by atoms with Gasteiger partial charge in [0, 0.05) is 69.0 Å². The molecule has 2 fully saturated rings. The van der Waals surface area contributed by atoms with Crippen LogP contribution in [-0.4, -0.2) is 55.7 Å². The van der Waals surface area contributed by atoms with Gasteiger partial charge in [-0.3, -0.25) is 0 Å². The lowest BCUT2D eigenvalue weighted by Gasteiger charge is -2.37. The van der Waals surface area contributed by atoms with Gasteiger partial charge in [0.1, 0.15) is 11.9 Å². The van der Waals surface area contributed by atoms with Crippen LogP contribution in [0.15, 0.2) is 36.7 Å². The highest BCUT2D eigenvalue weighted by Gasteiger charge is 2.29. The minimum atomic E-state index is -0.0841. The first-order valence-corrected chi connectivity index (χ1v) is 15.9.